The molecule has 7 heteroatoms. The van der Waals surface area contributed by atoms with Crippen LogP contribution < -0.4 is 10.1 Å². The van der Waals surface area contributed by atoms with Gasteiger partial charge in [0.15, 0.2) is 0 Å². The van der Waals surface area contributed by atoms with Crippen molar-refractivity contribution in [2.24, 2.45) is 0 Å². The Labute approximate surface area is 222 Å². The minimum Gasteiger partial charge on any atom is -0.463 e. The summed E-state index contributed by atoms with van der Waals surface area (Å²) >= 11 is 4.69. The van der Waals surface area contributed by atoms with Crippen molar-refractivity contribution in [1.82, 2.24) is 4.98 Å². The number of hydrogen-bond donors (Lipinski definition) is 1. The number of carbonyl (C=O) groups is 1. The van der Waals surface area contributed by atoms with E-state index in [1.54, 1.807) is 23.5 Å². The van der Waals surface area contributed by atoms with E-state index in [1.807, 2.05) is 86.2 Å². The van der Waals surface area contributed by atoms with Crippen LogP contribution in [0.4, 0.5) is 5.69 Å². The molecular formula is C28H34N2O2S3. The van der Waals surface area contributed by atoms with Gasteiger partial charge in [-0.25, -0.2) is 4.98 Å². The second-order valence-corrected chi connectivity index (χ2v) is 11.0. The van der Waals surface area contributed by atoms with Gasteiger partial charge in [-0.05, 0) is 49.8 Å². The van der Waals surface area contributed by atoms with Crippen LogP contribution in [-0.4, -0.2) is 29.2 Å². The highest BCUT2D eigenvalue weighted by Gasteiger charge is 2.44. The molecule has 0 spiro atoms. The van der Waals surface area contributed by atoms with Gasteiger partial charge < -0.3 is 10.1 Å². The molecule has 4 nitrogen and oxygen atoms in total. The number of anilines is 1. The monoisotopic (exact) mass is 526 g/mol. The molecular weight excluding hydrogens is 493 g/mol. The maximum absolute atomic E-state index is 14.3. The maximum Gasteiger partial charge on any atom is 0.284 e. The minimum atomic E-state index is -1.24. The van der Waals surface area contributed by atoms with Crippen molar-refractivity contribution in [3.8, 4) is 5.75 Å². The number of nitrogens with one attached hydrogen (secondary N) is 1. The number of benzene rings is 2. The number of amides is 1. The van der Waals surface area contributed by atoms with Crippen molar-refractivity contribution in [2.45, 2.75) is 54.4 Å². The third-order valence-electron chi connectivity index (χ3n) is 5.49. The van der Waals surface area contributed by atoms with E-state index in [4.69, 9.17) is 4.74 Å². The fourth-order valence-corrected chi connectivity index (χ4v) is 6.29. The number of unbranched alkanes of at least 4 members (excludes halogenated alkanes) is 3. The Bertz CT molecular complexity index is 1060. The first-order valence-electron chi connectivity index (χ1n) is 11.9. The number of carbonyl (C=O) groups excluding carboxylic acids is 1. The molecule has 3 aromatic rings. The van der Waals surface area contributed by atoms with E-state index in [9.17, 15) is 4.79 Å². The van der Waals surface area contributed by atoms with E-state index in [0.717, 1.165) is 45.5 Å². The highest BCUT2D eigenvalue weighted by atomic mass is 32.2. The maximum atomic E-state index is 14.3. The van der Waals surface area contributed by atoms with Crippen molar-refractivity contribution in [3.05, 3.63) is 78.0 Å². The summed E-state index contributed by atoms with van der Waals surface area (Å²) < 4.78 is 6.62. The van der Waals surface area contributed by atoms with Crippen LogP contribution in [-0.2, 0) is 9.73 Å². The second kappa shape index (κ2) is 13.9. The second-order valence-electron chi connectivity index (χ2n) is 8.11. The van der Waals surface area contributed by atoms with Crippen molar-refractivity contribution < 1.29 is 9.53 Å². The van der Waals surface area contributed by atoms with Crippen molar-refractivity contribution >= 4 is 46.9 Å². The Hall–Kier alpha value is -2.09. The zero-order valence-corrected chi connectivity index (χ0v) is 23.3. The topological polar surface area (TPSA) is 51.2 Å². The number of para-hydroxylation sites is 1. The van der Waals surface area contributed by atoms with Crippen LogP contribution in [0.15, 0.2) is 76.7 Å². The summed E-state index contributed by atoms with van der Waals surface area (Å²) in [7, 11) is 0. The summed E-state index contributed by atoms with van der Waals surface area (Å²) in [4.78, 5) is 18.7. The largest absolute Gasteiger partial charge is 0.463 e. The van der Waals surface area contributed by atoms with E-state index in [1.165, 1.54) is 24.6 Å². The molecule has 0 saturated carbocycles. The predicted molar refractivity (Wildman–Crippen MR) is 153 cm³/mol. The van der Waals surface area contributed by atoms with Crippen molar-refractivity contribution in [2.75, 3.05) is 23.6 Å². The number of rotatable bonds is 13. The van der Waals surface area contributed by atoms with E-state index < -0.39 is 4.93 Å². The highest BCUT2D eigenvalue weighted by molar-refractivity contribution is 8.00. The molecule has 1 atom stereocenters. The molecule has 1 heterocycles. The van der Waals surface area contributed by atoms with Crippen LogP contribution >= 0.6 is 35.3 Å². The number of nitrogens with zero attached hydrogens (tertiary/aromatic N) is 1. The van der Waals surface area contributed by atoms with E-state index in [-0.39, 0.29) is 5.91 Å². The van der Waals surface area contributed by atoms with Gasteiger partial charge in [0.25, 0.3) is 10.8 Å². The zero-order chi connectivity index (χ0) is 25.1. The molecule has 1 N–H and O–H groups in total. The van der Waals surface area contributed by atoms with Crippen molar-refractivity contribution in [3.63, 3.8) is 0 Å². The molecule has 1 amide bonds. The van der Waals surface area contributed by atoms with E-state index in [2.05, 4.69) is 17.2 Å². The highest BCUT2D eigenvalue weighted by Crippen LogP contribution is 2.42. The fourth-order valence-electron chi connectivity index (χ4n) is 3.71. The van der Waals surface area contributed by atoms with Gasteiger partial charge in [-0.15, -0.1) is 35.3 Å². The third kappa shape index (κ3) is 7.21. The van der Waals surface area contributed by atoms with Gasteiger partial charge >= 0.3 is 0 Å². The summed E-state index contributed by atoms with van der Waals surface area (Å²) in [5, 5.41) is 4.03. The molecule has 186 valence electrons. The van der Waals surface area contributed by atoms with Gasteiger partial charge in [0.2, 0.25) is 0 Å². The van der Waals surface area contributed by atoms with Crippen LogP contribution in [0.1, 0.15) is 43.9 Å². The summed E-state index contributed by atoms with van der Waals surface area (Å²) in [6.45, 7) is 4.18. The standard InChI is InChI=1S/C28H34N2O2S3/c1-5-6-7-14-19-35-28(22-15-10-8-11-16-22,32-23-17-12-9-13-18-23)27(31)30-25-24(33-3)20-21(2)29-26(25)34-4/h8-13,15-18,20H,5-7,14,19H2,1-4H3,(H,30,31). The minimum absolute atomic E-state index is 0.204. The number of thioether (sulfide) groups is 3. The smallest absolute Gasteiger partial charge is 0.284 e. The molecule has 35 heavy (non-hydrogen) atoms. The first-order chi connectivity index (χ1) is 17.0. The number of ether oxygens (including phenoxy) is 1. The van der Waals surface area contributed by atoms with E-state index >= 15 is 0 Å². The molecule has 0 aliphatic rings. The first kappa shape index (κ1) is 27.5. The Morgan fingerprint density at radius 1 is 0.971 bits per heavy atom. The molecule has 2 aromatic carbocycles. The molecule has 0 saturated heterocycles. The summed E-state index contributed by atoms with van der Waals surface area (Å²) in [5.41, 5.74) is 2.49. The molecule has 0 fully saturated rings. The first-order valence-corrected chi connectivity index (χ1v) is 15.3. The number of aryl methyl sites for hydroxylation is 1. The van der Waals surface area contributed by atoms with E-state index in [0.29, 0.717) is 5.75 Å². The Kier molecular flexibility index (Phi) is 10.9. The normalized spacial score (nSPS) is 12.7. The van der Waals surface area contributed by atoms with Crippen LogP contribution in [0.5, 0.6) is 5.75 Å². The Morgan fingerprint density at radius 2 is 1.66 bits per heavy atom. The fraction of sp³-hybridized carbons (Fsp3) is 0.357. The van der Waals surface area contributed by atoms with Crippen molar-refractivity contribution in [1.29, 1.82) is 0 Å². The summed E-state index contributed by atoms with van der Waals surface area (Å²) in [6.07, 6.45) is 8.52. The number of aromatic nitrogens is 1. The number of pyridine rings is 1. The van der Waals surface area contributed by atoms with Crippen LogP contribution in [0.25, 0.3) is 0 Å². The van der Waals surface area contributed by atoms with Crippen LogP contribution in [0.2, 0.25) is 0 Å². The lowest BCUT2D eigenvalue weighted by Crippen LogP contribution is -2.43. The molecule has 1 aromatic heterocycles. The quantitative estimate of drug-likeness (QED) is 0.138. The molecule has 1 unspecified atom stereocenters. The lowest BCUT2D eigenvalue weighted by atomic mass is 10.1. The van der Waals surface area contributed by atoms with Gasteiger partial charge in [-0.1, -0.05) is 74.7 Å². The zero-order valence-electron chi connectivity index (χ0n) is 20.9. The summed E-state index contributed by atoms with van der Waals surface area (Å²) in [5.74, 6) is 1.26. The number of hydrogen-bond acceptors (Lipinski definition) is 6. The Morgan fingerprint density at radius 3 is 2.29 bits per heavy atom. The molecule has 0 radical (unpaired) electrons. The van der Waals surface area contributed by atoms with Gasteiger partial charge in [-0.3, -0.25) is 4.79 Å². The van der Waals surface area contributed by atoms with Crippen LogP contribution in [0.3, 0.4) is 0 Å². The summed E-state index contributed by atoms with van der Waals surface area (Å²) in [6, 6.07) is 21.4. The molecule has 0 bridgehead atoms. The van der Waals surface area contributed by atoms with Gasteiger partial charge in [0, 0.05) is 16.2 Å². The molecule has 3 rings (SSSR count). The van der Waals surface area contributed by atoms with Gasteiger partial charge in [0.05, 0.1) is 5.69 Å². The lowest BCUT2D eigenvalue weighted by molar-refractivity contribution is -0.125. The third-order valence-corrected chi connectivity index (χ3v) is 8.34. The Balaban J connectivity index is 2.06. The predicted octanol–water partition coefficient (Wildman–Crippen LogP) is 8.02. The molecule has 0 aliphatic heterocycles. The van der Waals surface area contributed by atoms with Crippen LogP contribution in [0, 0.1) is 6.92 Å². The molecule has 0 aliphatic carbocycles. The lowest BCUT2D eigenvalue weighted by Gasteiger charge is -2.33. The average molecular weight is 527 g/mol. The SMILES string of the molecule is CCCCCCSC(Oc1ccccc1)(C(=O)Nc1c(SC)cc(C)nc1SC)c1ccccc1. The average Bonchev–Trinajstić information content (AvgIpc) is 2.89. The van der Waals surface area contributed by atoms with Gasteiger partial charge in [-0.2, -0.15) is 0 Å². The van der Waals surface area contributed by atoms with Gasteiger partial charge in [0.1, 0.15) is 10.8 Å².